The molecule has 144 valence electrons. The summed E-state index contributed by atoms with van der Waals surface area (Å²) in [7, 11) is 1.75. The summed E-state index contributed by atoms with van der Waals surface area (Å²) in [5.41, 5.74) is 1.53. The summed E-state index contributed by atoms with van der Waals surface area (Å²) >= 11 is 1.58. The van der Waals surface area contributed by atoms with Crippen LogP contribution in [-0.4, -0.2) is 43.1 Å². The number of rotatable bonds is 7. The highest BCUT2D eigenvalue weighted by Gasteiger charge is 2.12. The quantitative estimate of drug-likeness (QED) is 0.594. The fourth-order valence-electron chi connectivity index (χ4n) is 2.95. The highest BCUT2D eigenvalue weighted by molar-refractivity contribution is 7.98. The first-order chi connectivity index (χ1) is 13.5. The van der Waals surface area contributed by atoms with Crippen molar-refractivity contribution in [3.05, 3.63) is 66.7 Å². The van der Waals surface area contributed by atoms with E-state index in [4.69, 9.17) is 0 Å². The van der Waals surface area contributed by atoms with Gasteiger partial charge < -0.3 is 10.6 Å². The molecule has 0 fully saturated rings. The fraction of sp³-hybridized carbons (Fsp3) is 0.182. The van der Waals surface area contributed by atoms with E-state index in [2.05, 4.69) is 10.6 Å². The van der Waals surface area contributed by atoms with Crippen molar-refractivity contribution in [1.82, 2.24) is 4.90 Å². The summed E-state index contributed by atoms with van der Waals surface area (Å²) < 4.78 is 0. The van der Waals surface area contributed by atoms with E-state index in [-0.39, 0.29) is 24.9 Å². The average Bonchev–Trinajstić information content (AvgIpc) is 2.68. The molecule has 0 heterocycles. The second-order valence-electron chi connectivity index (χ2n) is 6.53. The Morgan fingerprint density at radius 2 is 1.50 bits per heavy atom. The largest absolute Gasteiger partial charge is 0.325 e. The van der Waals surface area contributed by atoms with Gasteiger partial charge in [-0.15, -0.1) is 11.8 Å². The topological polar surface area (TPSA) is 61.4 Å². The fourth-order valence-corrected chi connectivity index (χ4v) is 3.51. The van der Waals surface area contributed by atoms with Gasteiger partial charge in [-0.1, -0.05) is 42.5 Å². The molecule has 3 aromatic rings. The molecular formula is C22H23N3O2S. The number of benzene rings is 3. The van der Waals surface area contributed by atoms with Crippen LogP contribution in [0, 0.1) is 0 Å². The Labute approximate surface area is 169 Å². The minimum absolute atomic E-state index is 0.129. The summed E-state index contributed by atoms with van der Waals surface area (Å²) in [4.78, 5) is 27.3. The first kappa shape index (κ1) is 19.9. The van der Waals surface area contributed by atoms with E-state index in [1.165, 1.54) is 0 Å². The van der Waals surface area contributed by atoms with Crippen molar-refractivity contribution >= 4 is 45.7 Å². The van der Waals surface area contributed by atoms with Gasteiger partial charge in [-0.25, -0.2) is 0 Å². The second kappa shape index (κ2) is 9.39. The van der Waals surface area contributed by atoms with Crippen molar-refractivity contribution < 1.29 is 9.59 Å². The van der Waals surface area contributed by atoms with Gasteiger partial charge in [0, 0.05) is 10.6 Å². The zero-order valence-corrected chi connectivity index (χ0v) is 16.8. The van der Waals surface area contributed by atoms with Gasteiger partial charge in [-0.05, 0) is 48.3 Å². The van der Waals surface area contributed by atoms with Crippen LogP contribution in [0.5, 0.6) is 0 Å². The molecule has 3 aromatic carbocycles. The molecule has 2 N–H and O–H groups in total. The summed E-state index contributed by atoms with van der Waals surface area (Å²) in [6.45, 7) is 0.262. The number of carbonyl (C=O) groups excluding carboxylic acids is 2. The van der Waals surface area contributed by atoms with Gasteiger partial charge in [0.2, 0.25) is 11.8 Å². The van der Waals surface area contributed by atoms with Crippen molar-refractivity contribution in [1.29, 1.82) is 0 Å². The molecular weight excluding hydrogens is 370 g/mol. The van der Waals surface area contributed by atoms with Gasteiger partial charge in [0.1, 0.15) is 0 Å². The van der Waals surface area contributed by atoms with Crippen LogP contribution in [0.2, 0.25) is 0 Å². The monoisotopic (exact) mass is 393 g/mol. The molecule has 28 heavy (non-hydrogen) atoms. The summed E-state index contributed by atoms with van der Waals surface area (Å²) in [5.74, 6) is -0.308. The van der Waals surface area contributed by atoms with E-state index in [1.54, 1.807) is 23.7 Å². The van der Waals surface area contributed by atoms with Gasteiger partial charge in [0.15, 0.2) is 0 Å². The maximum Gasteiger partial charge on any atom is 0.238 e. The molecule has 0 aliphatic carbocycles. The molecule has 0 aliphatic rings. The molecule has 0 radical (unpaired) electrons. The van der Waals surface area contributed by atoms with Gasteiger partial charge in [-0.3, -0.25) is 14.5 Å². The van der Waals surface area contributed by atoms with Crippen LogP contribution in [0.1, 0.15) is 0 Å². The lowest BCUT2D eigenvalue weighted by Crippen LogP contribution is -2.36. The van der Waals surface area contributed by atoms with E-state index < -0.39 is 0 Å². The zero-order valence-electron chi connectivity index (χ0n) is 15.9. The van der Waals surface area contributed by atoms with Gasteiger partial charge in [0.25, 0.3) is 0 Å². The lowest BCUT2D eigenvalue weighted by atomic mass is 10.1. The number of hydrogen-bond acceptors (Lipinski definition) is 4. The Hall–Kier alpha value is -2.83. The summed E-state index contributed by atoms with van der Waals surface area (Å²) in [5, 5.41) is 7.99. The Balaban J connectivity index is 1.52. The van der Waals surface area contributed by atoms with Crippen LogP contribution < -0.4 is 10.6 Å². The van der Waals surface area contributed by atoms with Crippen LogP contribution in [0.25, 0.3) is 10.8 Å². The number of carbonyl (C=O) groups is 2. The standard InChI is InChI=1S/C22H23N3O2S/c1-25(15-22(27)24-19-9-5-6-10-20(19)28-2)14-21(26)23-18-12-11-16-7-3-4-8-17(16)13-18/h3-13H,14-15H2,1-2H3,(H,23,26)(H,24,27). The third-order valence-corrected chi connectivity index (χ3v) is 5.04. The number of hydrogen-bond donors (Lipinski definition) is 2. The van der Waals surface area contributed by atoms with Crippen LogP contribution in [0.3, 0.4) is 0 Å². The van der Waals surface area contributed by atoms with Gasteiger partial charge in [0.05, 0.1) is 18.8 Å². The van der Waals surface area contributed by atoms with E-state index in [0.29, 0.717) is 0 Å². The number of likely N-dealkylation sites (N-methyl/N-ethyl adjacent to an activating group) is 1. The highest BCUT2D eigenvalue weighted by atomic mass is 32.2. The van der Waals surface area contributed by atoms with E-state index in [0.717, 1.165) is 27.0 Å². The zero-order chi connectivity index (χ0) is 19.9. The molecule has 3 rings (SSSR count). The lowest BCUT2D eigenvalue weighted by molar-refractivity contribution is -0.119. The summed E-state index contributed by atoms with van der Waals surface area (Å²) in [6.07, 6.45) is 1.97. The third-order valence-electron chi connectivity index (χ3n) is 4.24. The lowest BCUT2D eigenvalue weighted by Gasteiger charge is -2.17. The first-order valence-electron chi connectivity index (χ1n) is 8.95. The van der Waals surface area contributed by atoms with Gasteiger partial charge in [-0.2, -0.15) is 0 Å². The number of thioether (sulfide) groups is 1. The molecule has 0 aliphatic heterocycles. The van der Waals surface area contributed by atoms with E-state index in [9.17, 15) is 9.59 Å². The number of para-hydroxylation sites is 1. The molecule has 0 bridgehead atoms. The maximum absolute atomic E-state index is 12.3. The minimum atomic E-state index is -0.157. The predicted molar refractivity (Wildman–Crippen MR) is 117 cm³/mol. The molecule has 0 atom stereocenters. The Morgan fingerprint density at radius 1 is 0.857 bits per heavy atom. The van der Waals surface area contributed by atoms with Crippen LogP contribution in [0.15, 0.2) is 71.6 Å². The molecule has 5 nitrogen and oxygen atoms in total. The van der Waals surface area contributed by atoms with Crippen LogP contribution in [-0.2, 0) is 9.59 Å². The maximum atomic E-state index is 12.3. The number of fused-ring (bicyclic) bond motifs is 1. The molecule has 0 saturated carbocycles. The second-order valence-corrected chi connectivity index (χ2v) is 7.38. The number of amides is 2. The third kappa shape index (κ3) is 5.34. The minimum Gasteiger partial charge on any atom is -0.325 e. The first-order valence-corrected chi connectivity index (χ1v) is 10.2. The molecule has 0 aromatic heterocycles. The normalized spacial score (nSPS) is 10.8. The van der Waals surface area contributed by atoms with Crippen molar-refractivity contribution in [2.24, 2.45) is 0 Å². The number of anilines is 2. The van der Waals surface area contributed by atoms with Crippen LogP contribution >= 0.6 is 11.8 Å². The smallest absolute Gasteiger partial charge is 0.238 e. The Kier molecular flexibility index (Phi) is 6.68. The van der Waals surface area contributed by atoms with Gasteiger partial charge >= 0.3 is 0 Å². The van der Waals surface area contributed by atoms with Crippen LogP contribution in [0.4, 0.5) is 11.4 Å². The molecule has 0 spiro atoms. The Bertz CT molecular complexity index is 990. The number of nitrogens with one attached hydrogen (secondary N) is 2. The average molecular weight is 394 g/mol. The van der Waals surface area contributed by atoms with Crippen molar-refractivity contribution in [2.75, 3.05) is 37.0 Å². The van der Waals surface area contributed by atoms with Crippen molar-refractivity contribution in [2.45, 2.75) is 4.90 Å². The SMILES string of the molecule is CSc1ccccc1NC(=O)CN(C)CC(=O)Nc1ccc2ccccc2c1. The van der Waals surface area contributed by atoms with Crippen molar-refractivity contribution in [3.63, 3.8) is 0 Å². The molecule has 2 amide bonds. The summed E-state index contributed by atoms with van der Waals surface area (Å²) in [6, 6.07) is 21.4. The number of nitrogens with zero attached hydrogens (tertiary/aromatic N) is 1. The molecule has 6 heteroatoms. The highest BCUT2D eigenvalue weighted by Crippen LogP contribution is 2.24. The molecule has 0 saturated heterocycles. The predicted octanol–water partition coefficient (Wildman–Crippen LogP) is 4.07. The van der Waals surface area contributed by atoms with E-state index >= 15 is 0 Å². The molecule has 0 unspecified atom stereocenters. The van der Waals surface area contributed by atoms with Crippen molar-refractivity contribution in [3.8, 4) is 0 Å². The Morgan fingerprint density at radius 3 is 2.25 bits per heavy atom. The van der Waals surface area contributed by atoms with E-state index in [1.807, 2.05) is 73.0 Å².